The molecule has 0 saturated carbocycles. The minimum absolute atomic E-state index is 0.121. The molecular formula is C14H15FN3O3+. The predicted octanol–water partition coefficient (Wildman–Crippen LogP) is 0.568. The Labute approximate surface area is 120 Å². The van der Waals surface area contributed by atoms with Gasteiger partial charge in [0.15, 0.2) is 6.67 Å². The lowest BCUT2D eigenvalue weighted by atomic mass is 10.2. The van der Waals surface area contributed by atoms with Gasteiger partial charge >= 0.3 is 0 Å². The molecule has 1 aromatic carbocycles. The molecular weight excluding hydrogens is 277 g/mol. The third-order valence-corrected chi connectivity index (χ3v) is 3.04. The average Bonchev–Trinajstić information content (AvgIpc) is 2.43. The number of nitrogens with one attached hydrogen (secondary N) is 1. The number of nitrogens with zero attached hydrogens (tertiary/aromatic N) is 2. The van der Waals surface area contributed by atoms with Gasteiger partial charge in [0.25, 0.3) is 11.2 Å². The Kier molecular flexibility index (Phi) is 4.44. The Morgan fingerprint density at radius 3 is 2.52 bits per heavy atom. The maximum Gasteiger partial charge on any atom is 0.285 e. The van der Waals surface area contributed by atoms with Crippen molar-refractivity contribution < 1.29 is 14.2 Å². The standard InChI is InChI=1S/C14H14FN3O3/c1-16(8-11-2-4-12(15)5-3-11)10-17-9-13(18(20)21)6-7-14(17)19/h2-7,9H,8,10H2,1H3/p+1. The van der Waals surface area contributed by atoms with Gasteiger partial charge in [-0.1, -0.05) is 12.1 Å². The molecule has 0 fully saturated rings. The number of nitro groups is 1. The van der Waals surface area contributed by atoms with Crippen LogP contribution in [0.1, 0.15) is 5.56 Å². The molecule has 21 heavy (non-hydrogen) atoms. The third-order valence-electron chi connectivity index (χ3n) is 3.04. The number of hydrogen-bond donors (Lipinski definition) is 1. The fourth-order valence-electron chi connectivity index (χ4n) is 2.05. The molecule has 1 atom stereocenters. The molecule has 6 nitrogen and oxygen atoms in total. The third kappa shape index (κ3) is 3.96. The summed E-state index contributed by atoms with van der Waals surface area (Å²) in [7, 11) is 1.86. The van der Waals surface area contributed by atoms with Gasteiger partial charge in [0.1, 0.15) is 12.4 Å². The van der Waals surface area contributed by atoms with Gasteiger partial charge in [-0.3, -0.25) is 19.5 Å². The zero-order valence-corrected chi connectivity index (χ0v) is 11.5. The molecule has 7 heteroatoms. The molecule has 0 saturated heterocycles. The van der Waals surface area contributed by atoms with E-state index in [0.717, 1.165) is 10.5 Å². The summed E-state index contributed by atoms with van der Waals surface area (Å²) < 4.78 is 14.1. The van der Waals surface area contributed by atoms with Crippen molar-refractivity contribution in [2.24, 2.45) is 0 Å². The number of hydrogen-bond acceptors (Lipinski definition) is 3. The summed E-state index contributed by atoms with van der Waals surface area (Å²) >= 11 is 0. The van der Waals surface area contributed by atoms with E-state index in [9.17, 15) is 19.3 Å². The first-order valence-corrected chi connectivity index (χ1v) is 6.36. The summed E-state index contributed by atoms with van der Waals surface area (Å²) in [6.07, 6.45) is 1.23. The van der Waals surface area contributed by atoms with Crippen molar-refractivity contribution in [3.8, 4) is 0 Å². The Hall–Kier alpha value is -2.54. The van der Waals surface area contributed by atoms with E-state index >= 15 is 0 Å². The van der Waals surface area contributed by atoms with Crippen LogP contribution in [0.15, 0.2) is 47.4 Å². The molecule has 2 aromatic rings. The van der Waals surface area contributed by atoms with E-state index in [2.05, 4.69) is 0 Å². The van der Waals surface area contributed by atoms with Gasteiger partial charge in [-0.05, 0) is 12.1 Å². The molecule has 0 aliphatic carbocycles. The van der Waals surface area contributed by atoms with Crippen LogP contribution in [0.25, 0.3) is 0 Å². The Morgan fingerprint density at radius 2 is 1.90 bits per heavy atom. The number of pyridine rings is 1. The van der Waals surface area contributed by atoms with Crippen LogP contribution >= 0.6 is 0 Å². The van der Waals surface area contributed by atoms with Crippen molar-refractivity contribution in [2.75, 3.05) is 7.05 Å². The highest BCUT2D eigenvalue weighted by Gasteiger charge is 2.11. The minimum Gasteiger partial charge on any atom is -0.316 e. The van der Waals surface area contributed by atoms with Gasteiger partial charge in [-0.15, -0.1) is 0 Å². The number of aromatic nitrogens is 1. The van der Waals surface area contributed by atoms with Crippen LogP contribution in [-0.2, 0) is 13.2 Å². The number of benzene rings is 1. The molecule has 1 unspecified atom stereocenters. The van der Waals surface area contributed by atoms with Crippen LogP contribution in [0, 0.1) is 15.9 Å². The second-order valence-corrected chi connectivity index (χ2v) is 4.87. The summed E-state index contributed by atoms with van der Waals surface area (Å²) in [6, 6.07) is 8.48. The molecule has 0 bridgehead atoms. The second kappa shape index (κ2) is 6.27. The normalized spacial score (nSPS) is 12.1. The van der Waals surface area contributed by atoms with Crippen molar-refractivity contribution in [1.29, 1.82) is 0 Å². The molecule has 0 spiro atoms. The van der Waals surface area contributed by atoms with Gasteiger partial charge in [-0.25, -0.2) is 4.39 Å². The van der Waals surface area contributed by atoms with Crippen LogP contribution < -0.4 is 10.5 Å². The summed E-state index contributed by atoms with van der Waals surface area (Å²) in [5, 5.41) is 10.7. The maximum atomic E-state index is 12.8. The molecule has 2 rings (SSSR count). The van der Waals surface area contributed by atoms with Crippen LogP contribution in [0.3, 0.4) is 0 Å². The fraction of sp³-hybridized carbons (Fsp3) is 0.214. The predicted molar refractivity (Wildman–Crippen MR) is 74.3 cm³/mol. The number of rotatable bonds is 5. The van der Waals surface area contributed by atoms with E-state index in [1.807, 2.05) is 7.05 Å². The topological polar surface area (TPSA) is 69.6 Å². The molecule has 0 radical (unpaired) electrons. The SMILES string of the molecule is C[NH+](Cc1ccc(F)cc1)Cn1cc([N+](=O)[O-])ccc1=O. The van der Waals surface area contributed by atoms with Gasteiger partial charge in [0.05, 0.1) is 18.2 Å². The molecule has 1 heterocycles. The Balaban J connectivity index is 2.10. The largest absolute Gasteiger partial charge is 0.316 e. The van der Waals surface area contributed by atoms with Gasteiger partial charge in [0.2, 0.25) is 0 Å². The summed E-state index contributed by atoms with van der Waals surface area (Å²) in [5.74, 6) is -0.300. The molecule has 0 amide bonds. The lowest BCUT2D eigenvalue weighted by Gasteiger charge is -2.15. The van der Waals surface area contributed by atoms with Crippen molar-refractivity contribution in [3.63, 3.8) is 0 Å². The quantitative estimate of drug-likeness (QED) is 0.647. The minimum atomic E-state index is -0.536. The lowest BCUT2D eigenvalue weighted by molar-refractivity contribution is -0.917. The van der Waals surface area contributed by atoms with Crippen molar-refractivity contribution in [1.82, 2.24) is 4.57 Å². The first kappa shape index (κ1) is 14.9. The Bertz CT molecular complexity index is 697. The van der Waals surface area contributed by atoms with E-state index in [-0.39, 0.29) is 23.7 Å². The van der Waals surface area contributed by atoms with Gasteiger partial charge in [-0.2, -0.15) is 0 Å². The first-order valence-electron chi connectivity index (χ1n) is 6.36. The molecule has 0 aliphatic heterocycles. The monoisotopic (exact) mass is 292 g/mol. The number of halogens is 1. The summed E-state index contributed by atoms with van der Waals surface area (Å²) in [6.45, 7) is 0.868. The zero-order valence-electron chi connectivity index (χ0n) is 11.5. The van der Waals surface area contributed by atoms with E-state index in [0.29, 0.717) is 6.54 Å². The average molecular weight is 292 g/mol. The van der Waals surface area contributed by atoms with Crippen LogP contribution in [0.4, 0.5) is 10.1 Å². The van der Waals surface area contributed by atoms with E-state index in [1.165, 1.54) is 35.0 Å². The Morgan fingerprint density at radius 1 is 1.24 bits per heavy atom. The van der Waals surface area contributed by atoms with Crippen molar-refractivity contribution in [2.45, 2.75) is 13.2 Å². The summed E-state index contributed by atoms with van der Waals surface area (Å²) in [4.78, 5) is 22.8. The zero-order chi connectivity index (χ0) is 15.4. The van der Waals surface area contributed by atoms with E-state index in [1.54, 1.807) is 12.1 Å². The van der Waals surface area contributed by atoms with Gasteiger partial charge in [0, 0.05) is 17.7 Å². The van der Waals surface area contributed by atoms with Crippen LogP contribution in [-0.4, -0.2) is 16.5 Å². The highest BCUT2D eigenvalue weighted by molar-refractivity contribution is 5.24. The van der Waals surface area contributed by atoms with E-state index < -0.39 is 4.92 Å². The molecule has 1 N–H and O–H groups in total. The maximum absolute atomic E-state index is 12.8. The fourth-order valence-corrected chi connectivity index (χ4v) is 2.05. The summed E-state index contributed by atoms with van der Waals surface area (Å²) in [5.41, 5.74) is 0.510. The first-order chi connectivity index (χ1) is 9.95. The molecule has 1 aromatic heterocycles. The van der Waals surface area contributed by atoms with Crippen LogP contribution in [0.5, 0.6) is 0 Å². The second-order valence-electron chi connectivity index (χ2n) is 4.87. The van der Waals surface area contributed by atoms with Crippen LogP contribution in [0.2, 0.25) is 0 Å². The number of quaternary nitrogens is 1. The van der Waals surface area contributed by atoms with E-state index in [4.69, 9.17) is 0 Å². The highest BCUT2D eigenvalue weighted by atomic mass is 19.1. The van der Waals surface area contributed by atoms with Gasteiger partial charge < -0.3 is 4.90 Å². The lowest BCUT2D eigenvalue weighted by Crippen LogP contribution is -3.07. The highest BCUT2D eigenvalue weighted by Crippen LogP contribution is 2.05. The van der Waals surface area contributed by atoms with Crippen molar-refractivity contribution >= 4 is 5.69 Å². The molecule has 110 valence electrons. The smallest absolute Gasteiger partial charge is 0.285 e. The molecule has 0 aliphatic rings. The van der Waals surface area contributed by atoms with Crippen molar-refractivity contribution in [3.05, 3.63) is 74.4 Å².